The molecule has 0 radical (unpaired) electrons. The quantitative estimate of drug-likeness (QED) is 0.564. The van der Waals surface area contributed by atoms with Gasteiger partial charge in [-0.2, -0.15) is 0 Å². The Morgan fingerprint density at radius 2 is 1.73 bits per heavy atom. The number of urea groups is 1. The van der Waals surface area contributed by atoms with E-state index in [-0.39, 0.29) is 12.5 Å². The molecule has 1 atom stereocenters. The summed E-state index contributed by atoms with van der Waals surface area (Å²) < 4.78 is 0. The Morgan fingerprint density at radius 3 is 2.42 bits per heavy atom. The minimum Gasteiger partial charge on any atom is -0.399 e. The number of benzene rings is 1. The predicted octanol–water partition coefficient (Wildman–Crippen LogP) is 1.61. The fourth-order valence-electron chi connectivity index (χ4n) is 4.88. The van der Waals surface area contributed by atoms with E-state index in [4.69, 9.17) is 5.73 Å². The van der Waals surface area contributed by atoms with Crippen molar-refractivity contribution in [2.75, 3.05) is 31.3 Å². The molecule has 3 heterocycles. The van der Waals surface area contributed by atoms with Crippen LogP contribution in [0.2, 0.25) is 0 Å². The molecule has 2 saturated heterocycles. The van der Waals surface area contributed by atoms with Crippen LogP contribution in [0.3, 0.4) is 0 Å². The number of nitrogen functional groups attached to an aromatic ring is 1. The third-order valence-corrected chi connectivity index (χ3v) is 6.15. The summed E-state index contributed by atoms with van der Waals surface area (Å²) >= 11 is 0. The van der Waals surface area contributed by atoms with Crippen molar-refractivity contribution in [3.05, 3.63) is 23.8 Å². The van der Waals surface area contributed by atoms with E-state index in [1.165, 1.54) is 14.1 Å². The number of carbonyl (C=O) groups excluding carboxylic acids is 3. The first-order chi connectivity index (χ1) is 12.4. The van der Waals surface area contributed by atoms with Gasteiger partial charge in [0.25, 0.3) is 0 Å². The van der Waals surface area contributed by atoms with E-state index in [1.807, 2.05) is 18.2 Å². The first kappa shape index (κ1) is 16.9. The maximum absolute atomic E-state index is 13.3. The Balaban J connectivity index is 1.93. The maximum Gasteiger partial charge on any atom is 0.332 e. The average molecular weight is 356 g/mol. The predicted molar refractivity (Wildman–Crippen MR) is 97.5 cm³/mol. The summed E-state index contributed by atoms with van der Waals surface area (Å²) in [6.45, 7) is 0.797. The molecule has 138 valence electrons. The zero-order valence-corrected chi connectivity index (χ0v) is 15.2. The third kappa shape index (κ3) is 2.09. The number of hydrogen-bond acceptors (Lipinski definition) is 5. The van der Waals surface area contributed by atoms with Crippen molar-refractivity contribution in [2.24, 2.45) is 5.41 Å². The van der Waals surface area contributed by atoms with E-state index in [9.17, 15) is 14.4 Å². The highest BCUT2D eigenvalue weighted by atomic mass is 16.2. The van der Waals surface area contributed by atoms with Crippen molar-refractivity contribution in [3.8, 4) is 0 Å². The van der Waals surface area contributed by atoms with E-state index in [0.717, 1.165) is 53.3 Å². The summed E-state index contributed by atoms with van der Waals surface area (Å²) in [7, 11) is 2.93. The number of fused-ring (bicyclic) bond motifs is 4. The number of amides is 4. The first-order valence-corrected chi connectivity index (χ1v) is 9.13. The second kappa shape index (κ2) is 5.72. The normalized spacial score (nSPS) is 25.2. The van der Waals surface area contributed by atoms with E-state index in [1.54, 1.807) is 0 Å². The Bertz CT molecular complexity index is 782. The van der Waals surface area contributed by atoms with E-state index >= 15 is 0 Å². The molecule has 0 aromatic heterocycles. The largest absolute Gasteiger partial charge is 0.399 e. The zero-order valence-electron chi connectivity index (χ0n) is 15.2. The van der Waals surface area contributed by atoms with Crippen LogP contribution in [-0.2, 0) is 16.0 Å². The van der Waals surface area contributed by atoms with Gasteiger partial charge in [-0.3, -0.25) is 19.4 Å². The van der Waals surface area contributed by atoms with Crippen molar-refractivity contribution in [2.45, 2.75) is 38.1 Å². The van der Waals surface area contributed by atoms with E-state index in [2.05, 4.69) is 4.90 Å². The summed E-state index contributed by atoms with van der Waals surface area (Å²) in [6.07, 6.45) is 4.10. The number of carbonyl (C=O) groups is 3. The Labute approximate surface area is 152 Å². The van der Waals surface area contributed by atoms with Gasteiger partial charge in [0.05, 0.1) is 6.04 Å². The standard InChI is InChI=1S/C19H24N4O3/c1-21-16(24)19(17(25)22(2)18(21)26)11-12-10-13(20)7-8-14(12)23-9-5-3-4-6-15(19)23/h7-8,10,15H,3-6,9,11,20H2,1-2H3/t15-/m1/s1. The highest BCUT2D eigenvalue weighted by molar-refractivity contribution is 6.20. The highest BCUT2D eigenvalue weighted by Crippen LogP contribution is 2.48. The van der Waals surface area contributed by atoms with Crippen LogP contribution in [0.5, 0.6) is 0 Å². The lowest BCUT2D eigenvalue weighted by Gasteiger charge is -2.52. The van der Waals surface area contributed by atoms with Gasteiger partial charge in [0.15, 0.2) is 5.41 Å². The van der Waals surface area contributed by atoms with Crippen LogP contribution in [0.4, 0.5) is 16.2 Å². The molecule has 1 aromatic carbocycles. The smallest absolute Gasteiger partial charge is 0.332 e. The summed E-state index contributed by atoms with van der Waals surface area (Å²) in [5.74, 6) is -0.786. The number of nitrogens with two attached hydrogens (primary N) is 1. The van der Waals surface area contributed by atoms with Crippen LogP contribution in [0.25, 0.3) is 0 Å². The lowest BCUT2D eigenvalue weighted by molar-refractivity contribution is -0.159. The molecular weight excluding hydrogens is 332 g/mol. The number of anilines is 2. The molecule has 0 aliphatic carbocycles. The van der Waals surface area contributed by atoms with Crippen LogP contribution in [-0.4, -0.2) is 54.3 Å². The van der Waals surface area contributed by atoms with Gasteiger partial charge in [-0.05, 0) is 43.0 Å². The number of nitrogens with zero attached hydrogens (tertiary/aromatic N) is 3. The molecule has 3 aliphatic heterocycles. The number of rotatable bonds is 0. The van der Waals surface area contributed by atoms with Crippen molar-refractivity contribution < 1.29 is 14.4 Å². The van der Waals surface area contributed by atoms with Crippen molar-refractivity contribution in [3.63, 3.8) is 0 Å². The molecule has 4 amide bonds. The molecule has 0 bridgehead atoms. The molecule has 1 aromatic rings. The van der Waals surface area contributed by atoms with Gasteiger partial charge in [0, 0.05) is 32.0 Å². The molecule has 2 fully saturated rings. The second-order valence-corrected chi connectivity index (χ2v) is 7.61. The zero-order chi connectivity index (χ0) is 18.6. The third-order valence-electron chi connectivity index (χ3n) is 6.15. The fourth-order valence-corrected chi connectivity index (χ4v) is 4.88. The molecule has 26 heavy (non-hydrogen) atoms. The first-order valence-electron chi connectivity index (χ1n) is 9.13. The lowest BCUT2D eigenvalue weighted by atomic mass is 9.67. The number of barbiturate groups is 1. The lowest BCUT2D eigenvalue weighted by Crippen LogP contribution is -2.71. The minimum absolute atomic E-state index is 0.237. The van der Waals surface area contributed by atoms with Crippen molar-refractivity contribution >= 4 is 29.2 Å². The summed E-state index contributed by atoms with van der Waals surface area (Å²) in [5, 5.41) is 0. The van der Waals surface area contributed by atoms with Crippen molar-refractivity contribution in [1.29, 1.82) is 0 Å². The molecular formula is C19H24N4O3. The summed E-state index contributed by atoms with van der Waals surface area (Å²) in [6, 6.07) is 4.91. The topological polar surface area (TPSA) is 86.9 Å². The molecule has 0 unspecified atom stereocenters. The molecule has 4 rings (SSSR count). The van der Waals surface area contributed by atoms with Gasteiger partial charge < -0.3 is 10.6 Å². The molecule has 1 spiro atoms. The van der Waals surface area contributed by atoms with Crippen molar-refractivity contribution in [1.82, 2.24) is 9.80 Å². The maximum atomic E-state index is 13.3. The monoisotopic (exact) mass is 356 g/mol. The van der Waals surface area contributed by atoms with Gasteiger partial charge in [-0.25, -0.2) is 4.79 Å². The highest BCUT2D eigenvalue weighted by Gasteiger charge is 2.62. The van der Waals surface area contributed by atoms with Gasteiger partial charge in [-0.15, -0.1) is 0 Å². The van der Waals surface area contributed by atoms with Crippen LogP contribution >= 0.6 is 0 Å². The average Bonchev–Trinajstić information content (AvgIpc) is 2.89. The Hall–Kier alpha value is -2.57. The molecule has 2 N–H and O–H groups in total. The number of imide groups is 2. The SMILES string of the molecule is CN1C(=O)N(C)C(=O)C2(Cc3cc(N)ccc3N3CCCCC[C@@H]32)C1=O. The van der Waals surface area contributed by atoms with Gasteiger partial charge in [-0.1, -0.05) is 12.8 Å². The van der Waals surface area contributed by atoms with E-state index in [0.29, 0.717) is 5.69 Å². The molecule has 7 nitrogen and oxygen atoms in total. The minimum atomic E-state index is -1.26. The Kier molecular flexibility index (Phi) is 3.71. The summed E-state index contributed by atoms with van der Waals surface area (Å²) in [5.41, 5.74) is 7.29. The van der Waals surface area contributed by atoms with Gasteiger partial charge in [0.2, 0.25) is 11.8 Å². The van der Waals surface area contributed by atoms with Crippen LogP contribution in [0.15, 0.2) is 18.2 Å². The van der Waals surface area contributed by atoms with Crippen LogP contribution in [0, 0.1) is 5.41 Å². The van der Waals surface area contributed by atoms with Gasteiger partial charge >= 0.3 is 6.03 Å². The van der Waals surface area contributed by atoms with Crippen LogP contribution < -0.4 is 10.6 Å². The van der Waals surface area contributed by atoms with Gasteiger partial charge in [0.1, 0.15) is 0 Å². The molecule has 7 heteroatoms. The summed E-state index contributed by atoms with van der Waals surface area (Å²) in [4.78, 5) is 43.3. The fraction of sp³-hybridized carbons (Fsp3) is 0.526. The molecule has 0 saturated carbocycles. The number of hydrogen-bond donors (Lipinski definition) is 1. The second-order valence-electron chi connectivity index (χ2n) is 7.61. The Morgan fingerprint density at radius 1 is 1.04 bits per heavy atom. The molecule has 3 aliphatic rings. The van der Waals surface area contributed by atoms with Crippen LogP contribution in [0.1, 0.15) is 31.2 Å². The van der Waals surface area contributed by atoms with E-state index < -0.39 is 23.3 Å².